The van der Waals surface area contributed by atoms with E-state index in [2.05, 4.69) is 23.6 Å². The fourth-order valence-corrected chi connectivity index (χ4v) is 3.00. The van der Waals surface area contributed by atoms with Crippen LogP contribution in [-0.4, -0.2) is 25.5 Å². The van der Waals surface area contributed by atoms with Gasteiger partial charge >= 0.3 is 0 Å². The molecule has 0 fully saturated rings. The number of nitrogens with zero attached hydrogens (tertiary/aromatic N) is 1. The van der Waals surface area contributed by atoms with E-state index < -0.39 is 0 Å². The Morgan fingerprint density at radius 2 is 1.96 bits per heavy atom. The van der Waals surface area contributed by atoms with Crippen LogP contribution < -0.4 is 5.32 Å². The maximum Gasteiger partial charge on any atom is 0.251 e. The van der Waals surface area contributed by atoms with Gasteiger partial charge in [-0.15, -0.1) is 0 Å². The number of aliphatic imine (C=N–C) groups is 1. The van der Waals surface area contributed by atoms with Gasteiger partial charge in [0.2, 0.25) is 0 Å². The Hall–Kier alpha value is -2.72. The van der Waals surface area contributed by atoms with E-state index in [4.69, 9.17) is 11.6 Å². The van der Waals surface area contributed by atoms with Crippen molar-refractivity contribution >= 4 is 41.2 Å². The number of benzene rings is 2. The minimum absolute atomic E-state index is 0.0464. The van der Waals surface area contributed by atoms with Crippen molar-refractivity contribution in [3.8, 4) is 0 Å². The van der Waals surface area contributed by atoms with Crippen molar-refractivity contribution in [2.45, 2.75) is 19.3 Å². The Morgan fingerprint density at radius 3 is 2.59 bits per heavy atom. The molecule has 0 bridgehead atoms. The molecule has 0 saturated heterocycles. The first-order chi connectivity index (χ1) is 13.0. The Morgan fingerprint density at radius 1 is 1.22 bits per heavy atom. The molecule has 0 aliphatic heterocycles. The Kier molecular flexibility index (Phi) is 7.96. The summed E-state index contributed by atoms with van der Waals surface area (Å²) in [5.74, 6) is -0.243. The fourth-order valence-electron chi connectivity index (χ4n) is 2.84. The SMILES string of the molecule is C=Nc1cc(C(=O)NCCCC(C=O)Cc2ccccc2)ccc1C(=C)Cl. The highest BCUT2D eigenvalue weighted by Gasteiger charge is 2.11. The second-order valence-corrected chi connectivity index (χ2v) is 6.74. The van der Waals surface area contributed by atoms with Crippen LogP contribution in [0, 0.1) is 5.92 Å². The van der Waals surface area contributed by atoms with Crippen molar-refractivity contribution in [1.29, 1.82) is 0 Å². The number of hydrogen-bond donors (Lipinski definition) is 1. The van der Waals surface area contributed by atoms with Gasteiger partial charge in [0, 0.05) is 28.6 Å². The van der Waals surface area contributed by atoms with Crippen molar-refractivity contribution in [2.75, 3.05) is 6.54 Å². The molecular formula is C22H23ClN2O2. The number of rotatable bonds is 10. The normalized spacial score (nSPS) is 11.4. The third-order valence-electron chi connectivity index (χ3n) is 4.29. The summed E-state index contributed by atoms with van der Waals surface area (Å²) < 4.78 is 0. The lowest BCUT2D eigenvalue weighted by atomic mass is 9.96. The summed E-state index contributed by atoms with van der Waals surface area (Å²) in [6.07, 6.45) is 3.17. The number of hydrogen-bond acceptors (Lipinski definition) is 3. The number of nitrogens with one attached hydrogen (secondary N) is 1. The van der Waals surface area contributed by atoms with Gasteiger partial charge in [-0.1, -0.05) is 54.6 Å². The van der Waals surface area contributed by atoms with Gasteiger partial charge in [0.1, 0.15) is 6.29 Å². The summed E-state index contributed by atoms with van der Waals surface area (Å²) in [7, 11) is 0. The van der Waals surface area contributed by atoms with Gasteiger partial charge in [0.15, 0.2) is 0 Å². The molecule has 2 rings (SSSR count). The molecule has 0 aromatic heterocycles. The van der Waals surface area contributed by atoms with Crippen LogP contribution in [0.2, 0.25) is 0 Å². The van der Waals surface area contributed by atoms with Crippen molar-refractivity contribution in [2.24, 2.45) is 10.9 Å². The molecule has 0 saturated carbocycles. The van der Waals surface area contributed by atoms with Crippen LogP contribution in [0.5, 0.6) is 0 Å². The number of aldehydes is 1. The minimum atomic E-state index is -0.197. The molecule has 1 N–H and O–H groups in total. The molecule has 5 heteroatoms. The second-order valence-electron chi connectivity index (χ2n) is 6.28. The lowest BCUT2D eigenvalue weighted by molar-refractivity contribution is -0.111. The van der Waals surface area contributed by atoms with Crippen LogP contribution in [0.3, 0.4) is 0 Å². The number of amides is 1. The van der Waals surface area contributed by atoms with Crippen LogP contribution in [0.15, 0.2) is 60.1 Å². The smallest absolute Gasteiger partial charge is 0.251 e. The van der Waals surface area contributed by atoms with Crippen molar-refractivity contribution in [3.05, 3.63) is 71.8 Å². The lowest BCUT2D eigenvalue weighted by Crippen LogP contribution is -2.25. The molecule has 2 aromatic rings. The summed E-state index contributed by atoms with van der Waals surface area (Å²) in [6, 6.07) is 14.9. The quantitative estimate of drug-likeness (QED) is 0.364. The van der Waals surface area contributed by atoms with E-state index in [9.17, 15) is 9.59 Å². The predicted octanol–water partition coefficient (Wildman–Crippen LogP) is 4.80. The van der Waals surface area contributed by atoms with Crippen LogP contribution in [0.25, 0.3) is 5.03 Å². The third-order valence-corrected chi connectivity index (χ3v) is 4.50. The van der Waals surface area contributed by atoms with Crippen LogP contribution >= 0.6 is 11.6 Å². The Labute approximate surface area is 165 Å². The average molecular weight is 383 g/mol. The molecule has 4 nitrogen and oxygen atoms in total. The van der Waals surface area contributed by atoms with Crippen molar-refractivity contribution in [1.82, 2.24) is 5.32 Å². The average Bonchev–Trinajstić information content (AvgIpc) is 2.70. The molecule has 1 amide bonds. The molecule has 2 aromatic carbocycles. The van der Waals surface area contributed by atoms with Crippen LogP contribution in [-0.2, 0) is 11.2 Å². The van der Waals surface area contributed by atoms with E-state index in [1.165, 1.54) is 0 Å². The van der Waals surface area contributed by atoms with Crippen LogP contribution in [0.4, 0.5) is 5.69 Å². The highest BCUT2D eigenvalue weighted by Crippen LogP contribution is 2.28. The Bertz CT molecular complexity index is 818. The van der Waals surface area contributed by atoms with Crippen molar-refractivity contribution < 1.29 is 9.59 Å². The highest BCUT2D eigenvalue weighted by atomic mass is 35.5. The van der Waals surface area contributed by atoms with Gasteiger partial charge in [-0.2, -0.15) is 0 Å². The molecule has 1 atom stereocenters. The monoisotopic (exact) mass is 382 g/mol. The second kappa shape index (κ2) is 10.4. The summed E-state index contributed by atoms with van der Waals surface area (Å²) >= 11 is 5.91. The molecule has 0 radical (unpaired) electrons. The van der Waals surface area contributed by atoms with E-state index in [1.54, 1.807) is 18.2 Å². The zero-order valence-electron chi connectivity index (χ0n) is 15.2. The summed E-state index contributed by atoms with van der Waals surface area (Å²) in [5.41, 5.74) is 2.80. The molecule has 0 spiro atoms. The third kappa shape index (κ3) is 6.19. The summed E-state index contributed by atoms with van der Waals surface area (Å²) in [5, 5.41) is 3.22. The number of carbonyl (C=O) groups is 2. The molecule has 0 aliphatic rings. The van der Waals surface area contributed by atoms with E-state index in [-0.39, 0.29) is 11.8 Å². The zero-order chi connectivity index (χ0) is 19.6. The van der Waals surface area contributed by atoms with Gasteiger partial charge in [0.05, 0.1) is 5.69 Å². The fraction of sp³-hybridized carbons (Fsp3) is 0.227. The van der Waals surface area contributed by atoms with E-state index in [0.29, 0.717) is 28.4 Å². The predicted molar refractivity (Wildman–Crippen MR) is 112 cm³/mol. The van der Waals surface area contributed by atoms with E-state index in [1.807, 2.05) is 30.3 Å². The van der Waals surface area contributed by atoms with Gasteiger partial charge in [-0.3, -0.25) is 9.79 Å². The van der Waals surface area contributed by atoms with Gasteiger partial charge in [0.25, 0.3) is 5.91 Å². The van der Waals surface area contributed by atoms with E-state index >= 15 is 0 Å². The minimum Gasteiger partial charge on any atom is -0.352 e. The molecular weight excluding hydrogens is 360 g/mol. The topological polar surface area (TPSA) is 58.5 Å². The Balaban J connectivity index is 1.84. The van der Waals surface area contributed by atoms with Gasteiger partial charge in [-0.25, -0.2) is 0 Å². The first-order valence-electron chi connectivity index (χ1n) is 8.78. The van der Waals surface area contributed by atoms with Gasteiger partial charge in [-0.05, 0) is 43.7 Å². The highest BCUT2D eigenvalue weighted by molar-refractivity contribution is 6.48. The largest absolute Gasteiger partial charge is 0.352 e. The first-order valence-corrected chi connectivity index (χ1v) is 9.16. The summed E-state index contributed by atoms with van der Waals surface area (Å²) in [4.78, 5) is 27.5. The van der Waals surface area contributed by atoms with Crippen molar-refractivity contribution in [3.63, 3.8) is 0 Å². The lowest BCUT2D eigenvalue weighted by Gasteiger charge is -2.11. The summed E-state index contributed by atoms with van der Waals surface area (Å²) in [6.45, 7) is 7.67. The molecule has 140 valence electrons. The number of halogens is 1. The van der Waals surface area contributed by atoms with Crippen LogP contribution in [0.1, 0.15) is 34.3 Å². The maximum atomic E-state index is 12.3. The zero-order valence-corrected chi connectivity index (χ0v) is 15.9. The van der Waals surface area contributed by atoms with E-state index in [0.717, 1.165) is 31.1 Å². The maximum absolute atomic E-state index is 12.3. The molecule has 27 heavy (non-hydrogen) atoms. The first kappa shape index (κ1) is 20.6. The molecule has 0 heterocycles. The molecule has 1 unspecified atom stereocenters. The van der Waals surface area contributed by atoms with Gasteiger partial charge < -0.3 is 10.1 Å². The molecule has 0 aliphatic carbocycles. The standard InChI is InChI=1S/C22H23ClN2O2/c1-16(23)20-11-10-19(14-21(20)24-2)22(27)25-12-6-9-18(15-26)13-17-7-4-3-5-8-17/h3-5,7-8,10-11,14-15,18H,1-2,6,9,12-13H2,(H,25,27). The number of carbonyl (C=O) groups excluding carboxylic acids is 2.